The smallest absolute Gasteiger partial charge is 0.266 e. The molecule has 3 aromatic rings. The summed E-state index contributed by atoms with van der Waals surface area (Å²) in [6, 6.07) is 19.1. The second-order valence-electron chi connectivity index (χ2n) is 6.91. The van der Waals surface area contributed by atoms with Gasteiger partial charge in [-0.05, 0) is 48.9 Å². The van der Waals surface area contributed by atoms with Gasteiger partial charge in [-0.25, -0.2) is 13.6 Å². The first-order chi connectivity index (χ1) is 14.7. The van der Waals surface area contributed by atoms with Gasteiger partial charge in [0.05, 0.1) is 15.8 Å². The molecule has 1 aliphatic heterocycles. The number of carbonyl (C=O) groups is 1. The number of furan rings is 1. The van der Waals surface area contributed by atoms with Crippen molar-refractivity contribution < 1.29 is 17.6 Å². The van der Waals surface area contributed by atoms with Crippen molar-refractivity contribution in [1.82, 2.24) is 4.90 Å². The first-order valence-corrected chi connectivity index (χ1v) is 12.1. The van der Waals surface area contributed by atoms with E-state index in [-0.39, 0.29) is 16.8 Å². The van der Waals surface area contributed by atoms with Gasteiger partial charge < -0.3 is 4.42 Å². The molecular weight excluding hydrogens is 452 g/mol. The highest BCUT2D eigenvalue weighted by Crippen LogP contribution is 2.38. The minimum absolute atomic E-state index is 0.0271. The Balaban J connectivity index is 1.55. The Kier molecular flexibility index (Phi) is 5.85. The van der Waals surface area contributed by atoms with Gasteiger partial charge >= 0.3 is 0 Å². The molecule has 1 atom stereocenters. The second-order valence-corrected chi connectivity index (χ2v) is 10.1. The Morgan fingerprint density at radius 2 is 1.74 bits per heavy atom. The van der Waals surface area contributed by atoms with Crippen LogP contribution in [0.2, 0.25) is 0 Å². The summed E-state index contributed by atoms with van der Waals surface area (Å²) < 4.78 is 29.1. The molecule has 0 radical (unpaired) electrons. The molecule has 1 aromatic heterocycles. The zero-order chi connectivity index (χ0) is 22.2. The number of sulfonamides is 1. The fourth-order valence-corrected chi connectivity index (χ4v) is 5.13. The Labute approximate surface area is 189 Å². The summed E-state index contributed by atoms with van der Waals surface area (Å²) in [6.45, 7) is 1.94. The first kappa shape index (κ1) is 21.5. The molecule has 2 N–H and O–H groups in total. The van der Waals surface area contributed by atoms with Gasteiger partial charge in [-0.15, -0.1) is 0 Å². The number of amides is 1. The highest BCUT2D eigenvalue weighted by molar-refractivity contribution is 8.26. The van der Waals surface area contributed by atoms with Crippen molar-refractivity contribution in [1.29, 1.82) is 0 Å². The van der Waals surface area contributed by atoms with E-state index < -0.39 is 10.0 Å². The molecule has 2 aromatic carbocycles. The van der Waals surface area contributed by atoms with Crippen LogP contribution in [0.15, 0.2) is 80.9 Å². The number of thioether (sulfide) groups is 1. The van der Waals surface area contributed by atoms with E-state index in [1.807, 2.05) is 37.3 Å². The lowest BCUT2D eigenvalue weighted by atomic mass is 10.1. The largest absolute Gasteiger partial charge is 0.457 e. The first-order valence-electron chi connectivity index (χ1n) is 9.29. The van der Waals surface area contributed by atoms with Crippen LogP contribution < -0.4 is 5.14 Å². The molecule has 1 unspecified atom stereocenters. The third kappa shape index (κ3) is 4.49. The molecule has 1 saturated heterocycles. The highest BCUT2D eigenvalue weighted by atomic mass is 32.2. The molecule has 0 aliphatic carbocycles. The zero-order valence-electron chi connectivity index (χ0n) is 16.4. The van der Waals surface area contributed by atoms with E-state index in [0.29, 0.717) is 26.3 Å². The van der Waals surface area contributed by atoms with Gasteiger partial charge in [0.2, 0.25) is 10.0 Å². The van der Waals surface area contributed by atoms with Crippen molar-refractivity contribution in [3.05, 3.63) is 83.0 Å². The van der Waals surface area contributed by atoms with Crippen LogP contribution in [-0.2, 0) is 14.8 Å². The molecule has 1 amide bonds. The number of nitrogens with zero attached hydrogens (tertiary/aromatic N) is 1. The second kappa shape index (κ2) is 8.43. The van der Waals surface area contributed by atoms with Crippen molar-refractivity contribution in [2.75, 3.05) is 0 Å². The van der Waals surface area contributed by atoms with Crippen molar-refractivity contribution in [2.45, 2.75) is 17.9 Å². The number of hydrogen-bond donors (Lipinski definition) is 1. The molecule has 9 heteroatoms. The molecule has 0 bridgehead atoms. The summed E-state index contributed by atoms with van der Waals surface area (Å²) in [5, 5.41) is 5.13. The lowest BCUT2D eigenvalue weighted by molar-refractivity contribution is -0.123. The van der Waals surface area contributed by atoms with Crippen LogP contribution in [0.3, 0.4) is 0 Å². The Morgan fingerprint density at radius 1 is 1.06 bits per heavy atom. The molecule has 2 heterocycles. The predicted octanol–water partition coefficient (Wildman–Crippen LogP) is 4.56. The number of carbonyl (C=O) groups excluding carboxylic acids is 1. The highest BCUT2D eigenvalue weighted by Gasteiger charge is 2.36. The third-order valence-corrected chi connectivity index (χ3v) is 7.12. The molecule has 1 aliphatic rings. The van der Waals surface area contributed by atoms with Gasteiger partial charge in [-0.2, -0.15) is 0 Å². The quantitative estimate of drug-likeness (QED) is 0.434. The van der Waals surface area contributed by atoms with Crippen LogP contribution in [0.25, 0.3) is 17.4 Å². The zero-order valence-corrected chi connectivity index (χ0v) is 18.8. The van der Waals surface area contributed by atoms with Crippen LogP contribution in [0.5, 0.6) is 0 Å². The minimum Gasteiger partial charge on any atom is -0.457 e. The molecule has 0 spiro atoms. The van der Waals surface area contributed by atoms with Gasteiger partial charge in [0, 0.05) is 11.6 Å². The minimum atomic E-state index is -3.75. The van der Waals surface area contributed by atoms with Crippen LogP contribution in [0.4, 0.5) is 0 Å². The normalized spacial score (nSPS) is 16.8. The molecule has 1 fully saturated rings. The fraction of sp³-hybridized carbons (Fsp3) is 0.0909. The van der Waals surface area contributed by atoms with Gasteiger partial charge in [-0.1, -0.05) is 54.3 Å². The maximum absolute atomic E-state index is 13.0. The number of benzene rings is 2. The van der Waals surface area contributed by atoms with E-state index in [1.165, 1.54) is 23.9 Å². The Bertz CT molecular complexity index is 1280. The lowest BCUT2D eigenvalue weighted by Crippen LogP contribution is -2.30. The van der Waals surface area contributed by atoms with Crippen molar-refractivity contribution in [3.8, 4) is 11.3 Å². The molecule has 158 valence electrons. The number of primary sulfonamides is 1. The number of thiocarbonyl (C=S) groups is 1. The summed E-state index contributed by atoms with van der Waals surface area (Å²) in [5.74, 6) is 0.876. The third-order valence-electron chi connectivity index (χ3n) is 4.86. The summed E-state index contributed by atoms with van der Waals surface area (Å²) >= 11 is 6.69. The van der Waals surface area contributed by atoms with E-state index in [9.17, 15) is 13.2 Å². The van der Waals surface area contributed by atoms with Crippen LogP contribution in [-0.4, -0.2) is 23.5 Å². The molecule has 31 heavy (non-hydrogen) atoms. The van der Waals surface area contributed by atoms with E-state index >= 15 is 0 Å². The maximum Gasteiger partial charge on any atom is 0.266 e. The average molecular weight is 471 g/mol. The van der Waals surface area contributed by atoms with Gasteiger partial charge in [0.25, 0.3) is 5.91 Å². The molecule has 0 saturated carbocycles. The fourth-order valence-electron chi connectivity index (χ4n) is 3.22. The van der Waals surface area contributed by atoms with Crippen LogP contribution in [0, 0.1) is 0 Å². The van der Waals surface area contributed by atoms with Gasteiger partial charge in [0.15, 0.2) is 0 Å². The standard InChI is InChI=1S/C22H18N2O4S3/c1-14(15-5-3-2-4-6-15)24-21(25)20(30-22(24)29)13-17-9-12-19(28-17)16-7-10-18(11-8-16)31(23,26)27/h2-14H,1H3,(H2,23,26,27)/b20-13-. The molecular formula is C22H18N2O4S3. The average Bonchev–Trinajstić information content (AvgIpc) is 3.32. The van der Waals surface area contributed by atoms with Crippen LogP contribution >= 0.6 is 24.0 Å². The topological polar surface area (TPSA) is 93.6 Å². The molecule has 4 rings (SSSR count). The Morgan fingerprint density at radius 3 is 2.39 bits per heavy atom. The van der Waals surface area contributed by atoms with E-state index in [2.05, 4.69) is 0 Å². The van der Waals surface area contributed by atoms with E-state index in [0.717, 1.165) is 5.56 Å². The van der Waals surface area contributed by atoms with Gasteiger partial charge in [-0.3, -0.25) is 9.69 Å². The SMILES string of the molecule is CC(c1ccccc1)N1C(=O)/C(=C/c2ccc(-c3ccc(S(N)(=O)=O)cc3)o2)SC1=S. The number of hydrogen-bond acceptors (Lipinski definition) is 6. The van der Waals surface area contributed by atoms with Crippen molar-refractivity contribution >= 4 is 50.3 Å². The van der Waals surface area contributed by atoms with Crippen molar-refractivity contribution in [3.63, 3.8) is 0 Å². The maximum atomic E-state index is 13.0. The van der Waals surface area contributed by atoms with Crippen LogP contribution in [0.1, 0.15) is 24.3 Å². The molecule has 6 nitrogen and oxygen atoms in total. The van der Waals surface area contributed by atoms with Gasteiger partial charge in [0.1, 0.15) is 15.8 Å². The number of nitrogens with two attached hydrogens (primary N) is 1. The lowest BCUT2D eigenvalue weighted by Gasteiger charge is -2.23. The summed E-state index contributed by atoms with van der Waals surface area (Å²) in [6.07, 6.45) is 1.67. The number of rotatable bonds is 5. The summed E-state index contributed by atoms with van der Waals surface area (Å²) in [4.78, 5) is 15.1. The summed E-state index contributed by atoms with van der Waals surface area (Å²) in [5.41, 5.74) is 1.69. The van der Waals surface area contributed by atoms with Crippen molar-refractivity contribution in [2.24, 2.45) is 5.14 Å². The monoisotopic (exact) mass is 470 g/mol. The summed E-state index contributed by atoms with van der Waals surface area (Å²) in [7, 11) is -3.75. The predicted molar refractivity (Wildman–Crippen MR) is 125 cm³/mol. The van der Waals surface area contributed by atoms with E-state index in [1.54, 1.807) is 35.2 Å². The van der Waals surface area contributed by atoms with E-state index in [4.69, 9.17) is 21.8 Å². The Hall–Kier alpha value is -2.72.